The molecule has 0 atom stereocenters. The predicted octanol–water partition coefficient (Wildman–Crippen LogP) is 2.35. The Balaban J connectivity index is 2.14. The van der Waals surface area contributed by atoms with E-state index in [9.17, 15) is 4.79 Å². The van der Waals surface area contributed by atoms with E-state index in [4.69, 9.17) is 0 Å². The average molecular weight is 232 g/mol. The molecule has 2 aromatic heterocycles. The molecule has 0 aromatic carbocycles. The molecule has 0 aliphatic heterocycles. The summed E-state index contributed by atoms with van der Waals surface area (Å²) in [5.41, 5.74) is 0. The lowest BCUT2D eigenvalue weighted by Gasteiger charge is -2.19. The lowest BCUT2D eigenvalue weighted by atomic mass is 10.3. The van der Waals surface area contributed by atoms with Crippen LogP contribution in [0.3, 0.4) is 0 Å². The van der Waals surface area contributed by atoms with Gasteiger partial charge < -0.3 is 9.69 Å². The Labute approximate surface area is 98.4 Å². The van der Waals surface area contributed by atoms with Crippen molar-refractivity contribution < 1.29 is 4.79 Å². The fourth-order valence-corrected chi connectivity index (χ4v) is 2.18. The normalized spacial score (nSPS) is 10.0. The second-order valence-corrected chi connectivity index (χ2v) is 4.35. The number of aldehydes is 1. The van der Waals surface area contributed by atoms with Crippen LogP contribution in [-0.4, -0.2) is 17.8 Å². The van der Waals surface area contributed by atoms with Gasteiger partial charge in [-0.05, 0) is 23.6 Å². The van der Waals surface area contributed by atoms with Crippen molar-refractivity contribution >= 4 is 23.4 Å². The molecule has 0 saturated heterocycles. The second kappa shape index (κ2) is 5.42. The molecule has 0 fully saturated rings. The predicted molar refractivity (Wildman–Crippen MR) is 65.7 cm³/mol. The minimum absolute atomic E-state index is 0.370. The quantitative estimate of drug-likeness (QED) is 0.742. The average Bonchev–Trinajstić information content (AvgIpc) is 2.83. The van der Waals surface area contributed by atoms with Gasteiger partial charge in [-0.1, -0.05) is 12.1 Å². The van der Waals surface area contributed by atoms with E-state index in [1.54, 1.807) is 17.5 Å². The van der Waals surface area contributed by atoms with E-state index in [0.29, 0.717) is 6.54 Å². The number of aromatic nitrogens is 1. The summed E-state index contributed by atoms with van der Waals surface area (Å²) in [7, 11) is 0. The molecular formula is C12H12N2OS. The number of rotatable bonds is 5. The molecule has 0 spiro atoms. The zero-order chi connectivity index (χ0) is 11.2. The number of hydrogen-bond donors (Lipinski definition) is 0. The zero-order valence-electron chi connectivity index (χ0n) is 8.74. The molecule has 2 aromatic rings. The molecule has 0 amide bonds. The van der Waals surface area contributed by atoms with Gasteiger partial charge >= 0.3 is 0 Å². The monoisotopic (exact) mass is 232 g/mol. The standard InChI is InChI=1S/C12H12N2OS/c15-8-7-14(10-11-4-3-9-16-11)12-5-1-2-6-13-12/h1-6,8-9H,7,10H2. The number of carbonyl (C=O) groups is 1. The largest absolute Gasteiger partial charge is 0.344 e. The van der Waals surface area contributed by atoms with Gasteiger partial charge in [-0.25, -0.2) is 4.98 Å². The molecule has 3 nitrogen and oxygen atoms in total. The van der Waals surface area contributed by atoms with Crippen molar-refractivity contribution in [3.63, 3.8) is 0 Å². The number of hydrogen-bond acceptors (Lipinski definition) is 4. The molecule has 0 aliphatic carbocycles. The summed E-state index contributed by atoms with van der Waals surface area (Å²) in [6.45, 7) is 1.10. The molecule has 0 N–H and O–H groups in total. The molecule has 0 saturated carbocycles. The Morgan fingerprint density at radius 2 is 2.25 bits per heavy atom. The van der Waals surface area contributed by atoms with Gasteiger partial charge in [0.15, 0.2) is 0 Å². The van der Waals surface area contributed by atoms with Gasteiger partial charge in [0, 0.05) is 11.1 Å². The number of thiophene rings is 1. The van der Waals surface area contributed by atoms with Gasteiger partial charge in [0.05, 0.1) is 13.1 Å². The van der Waals surface area contributed by atoms with E-state index in [1.807, 2.05) is 34.5 Å². The van der Waals surface area contributed by atoms with Gasteiger partial charge in [0.2, 0.25) is 0 Å². The summed E-state index contributed by atoms with van der Waals surface area (Å²) in [5, 5.41) is 2.03. The third-order valence-electron chi connectivity index (χ3n) is 2.19. The Hall–Kier alpha value is -1.68. The fraction of sp³-hybridized carbons (Fsp3) is 0.167. The van der Waals surface area contributed by atoms with Gasteiger partial charge in [-0.2, -0.15) is 0 Å². The smallest absolute Gasteiger partial charge is 0.139 e. The highest BCUT2D eigenvalue weighted by Gasteiger charge is 2.07. The molecule has 2 rings (SSSR count). The van der Waals surface area contributed by atoms with Crippen LogP contribution in [0.4, 0.5) is 5.82 Å². The first-order chi connectivity index (χ1) is 7.90. The van der Waals surface area contributed by atoms with Crippen molar-refractivity contribution in [2.75, 3.05) is 11.4 Å². The minimum atomic E-state index is 0.370. The summed E-state index contributed by atoms with van der Waals surface area (Å²) in [6, 6.07) is 9.78. The maximum Gasteiger partial charge on any atom is 0.139 e. The summed E-state index contributed by atoms with van der Waals surface area (Å²) < 4.78 is 0. The van der Waals surface area contributed by atoms with Crippen molar-refractivity contribution in [1.82, 2.24) is 4.98 Å². The second-order valence-electron chi connectivity index (χ2n) is 3.31. The number of carbonyl (C=O) groups excluding carboxylic acids is 1. The molecule has 2 heterocycles. The Kier molecular flexibility index (Phi) is 3.66. The van der Waals surface area contributed by atoms with E-state index < -0.39 is 0 Å². The van der Waals surface area contributed by atoms with Crippen LogP contribution in [0.1, 0.15) is 4.88 Å². The highest BCUT2D eigenvalue weighted by molar-refractivity contribution is 7.09. The minimum Gasteiger partial charge on any atom is -0.344 e. The summed E-state index contributed by atoms with van der Waals surface area (Å²) in [4.78, 5) is 18.1. The number of anilines is 1. The maximum atomic E-state index is 10.7. The van der Waals surface area contributed by atoms with Crippen molar-refractivity contribution in [3.05, 3.63) is 46.8 Å². The first kappa shape index (κ1) is 10.8. The van der Waals surface area contributed by atoms with Crippen LogP contribution in [0.15, 0.2) is 41.9 Å². The SMILES string of the molecule is O=CCN(Cc1cccs1)c1ccccn1. The van der Waals surface area contributed by atoms with Crippen LogP contribution in [0.2, 0.25) is 0 Å². The van der Waals surface area contributed by atoms with Crippen LogP contribution < -0.4 is 4.90 Å². The molecule has 0 aliphatic rings. The van der Waals surface area contributed by atoms with Crippen LogP contribution in [-0.2, 0) is 11.3 Å². The van der Waals surface area contributed by atoms with E-state index in [2.05, 4.69) is 11.1 Å². The molecule has 4 heteroatoms. The Bertz CT molecular complexity index is 428. The van der Waals surface area contributed by atoms with Gasteiger partial charge in [-0.15, -0.1) is 11.3 Å². The van der Waals surface area contributed by atoms with Crippen molar-refractivity contribution in [2.24, 2.45) is 0 Å². The van der Waals surface area contributed by atoms with E-state index in [0.717, 1.165) is 18.6 Å². The van der Waals surface area contributed by atoms with Crippen LogP contribution in [0, 0.1) is 0 Å². The molecule has 0 bridgehead atoms. The van der Waals surface area contributed by atoms with E-state index >= 15 is 0 Å². The fourth-order valence-electron chi connectivity index (χ4n) is 1.46. The third-order valence-corrected chi connectivity index (χ3v) is 3.06. The molecular weight excluding hydrogens is 220 g/mol. The Morgan fingerprint density at radius 1 is 1.31 bits per heavy atom. The first-order valence-corrected chi connectivity index (χ1v) is 5.90. The van der Waals surface area contributed by atoms with Crippen LogP contribution >= 0.6 is 11.3 Å². The summed E-state index contributed by atoms with van der Waals surface area (Å²) in [6.07, 6.45) is 2.64. The Morgan fingerprint density at radius 3 is 2.88 bits per heavy atom. The van der Waals surface area contributed by atoms with Crippen LogP contribution in [0.25, 0.3) is 0 Å². The maximum absolute atomic E-state index is 10.7. The number of pyridine rings is 1. The summed E-state index contributed by atoms with van der Waals surface area (Å²) in [5.74, 6) is 0.836. The molecule has 0 unspecified atom stereocenters. The molecule has 82 valence electrons. The highest BCUT2D eigenvalue weighted by Crippen LogP contribution is 2.16. The number of nitrogens with zero attached hydrogens (tertiary/aromatic N) is 2. The van der Waals surface area contributed by atoms with Crippen molar-refractivity contribution in [1.29, 1.82) is 0 Å². The van der Waals surface area contributed by atoms with Crippen LogP contribution in [0.5, 0.6) is 0 Å². The van der Waals surface area contributed by atoms with Gasteiger partial charge in [0.25, 0.3) is 0 Å². The molecule has 0 radical (unpaired) electrons. The van der Waals surface area contributed by atoms with Gasteiger partial charge in [-0.3, -0.25) is 0 Å². The first-order valence-electron chi connectivity index (χ1n) is 5.02. The third kappa shape index (κ3) is 2.67. The lowest BCUT2D eigenvalue weighted by Crippen LogP contribution is -2.25. The van der Waals surface area contributed by atoms with Gasteiger partial charge in [0.1, 0.15) is 12.1 Å². The van der Waals surface area contributed by atoms with Crippen molar-refractivity contribution in [2.45, 2.75) is 6.54 Å². The molecule has 16 heavy (non-hydrogen) atoms. The highest BCUT2D eigenvalue weighted by atomic mass is 32.1. The lowest BCUT2D eigenvalue weighted by molar-refractivity contribution is -0.106. The summed E-state index contributed by atoms with van der Waals surface area (Å²) >= 11 is 1.69. The van der Waals surface area contributed by atoms with Crippen molar-refractivity contribution in [3.8, 4) is 0 Å². The zero-order valence-corrected chi connectivity index (χ0v) is 9.56. The van der Waals surface area contributed by atoms with E-state index in [-0.39, 0.29) is 0 Å². The van der Waals surface area contributed by atoms with E-state index in [1.165, 1.54) is 4.88 Å². The topological polar surface area (TPSA) is 33.2 Å².